The zero-order chi connectivity index (χ0) is 17.6. The molecule has 0 spiro atoms. The van der Waals surface area contributed by atoms with Crippen LogP contribution in [0, 0.1) is 5.82 Å². The minimum atomic E-state index is -0.240. The number of ether oxygens (including phenoxy) is 1. The van der Waals surface area contributed by atoms with Gasteiger partial charge in [-0.25, -0.2) is 9.37 Å². The van der Waals surface area contributed by atoms with Gasteiger partial charge in [0.2, 0.25) is 5.95 Å². The van der Waals surface area contributed by atoms with E-state index in [1.54, 1.807) is 19.2 Å². The number of nitrogens with zero attached hydrogens (tertiary/aromatic N) is 2. The molecule has 0 radical (unpaired) electrons. The van der Waals surface area contributed by atoms with Gasteiger partial charge in [0.15, 0.2) is 0 Å². The third-order valence-electron chi connectivity index (χ3n) is 3.88. The van der Waals surface area contributed by atoms with Gasteiger partial charge < -0.3 is 14.6 Å². The van der Waals surface area contributed by atoms with Crippen molar-refractivity contribution in [2.75, 3.05) is 19.0 Å². The first-order valence-electron chi connectivity index (χ1n) is 7.96. The lowest BCUT2D eigenvalue weighted by molar-refractivity contribution is 0.188. The smallest absolute Gasteiger partial charge is 0.203 e. The third-order valence-corrected chi connectivity index (χ3v) is 4.13. The fraction of sp³-hybridized carbons (Fsp3) is 0.211. The molecule has 1 heterocycles. The van der Waals surface area contributed by atoms with Crippen molar-refractivity contribution in [2.45, 2.75) is 13.1 Å². The number of nitrogens with one attached hydrogen (secondary N) is 1. The van der Waals surface area contributed by atoms with Gasteiger partial charge in [0.1, 0.15) is 5.82 Å². The monoisotopic (exact) mass is 359 g/mol. The van der Waals surface area contributed by atoms with Crippen LogP contribution < -0.4 is 5.32 Å². The van der Waals surface area contributed by atoms with Crippen LogP contribution in [0.4, 0.5) is 10.3 Å². The summed E-state index contributed by atoms with van der Waals surface area (Å²) in [6.07, 6.45) is 1.83. The van der Waals surface area contributed by atoms with Gasteiger partial charge in [-0.1, -0.05) is 35.9 Å². The number of hydrogen-bond acceptors (Lipinski definition) is 3. The fourth-order valence-corrected chi connectivity index (χ4v) is 2.69. The minimum Gasteiger partial charge on any atom is -0.383 e. The van der Waals surface area contributed by atoms with Gasteiger partial charge in [0, 0.05) is 25.2 Å². The van der Waals surface area contributed by atoms with Gasteiger partial charge in [-0.3, -0.25) is 0 Å². The first-order chi connectivity index (χ1) is 12.2. The molecule has 0 unspecified atom stereocenters. The Kier molecular flexibility index (Phi) is 5.68. The van der Waals surface area contributed by atoms with Crippen molar-refractivity contribution in [1.82, 2.24) is 9.55 Å². The van der Waals surface area contributed by atoms with E-state index >= 15 is 0 Å². The average molecular weight is 360 g/mol. The number of aromatic nitrogens is 2. The van der Waals surface area contributed by atoms with Gasteiger partial charge in [-0.15, -0.1) is 0 Å². The quantitative estimate of drug-likeness (QED) is 0.670. The minimum absolute atomic E-state index is 0.240. The first kappa shape index (κ1) is 17.5. The summed E-state index contributed by atoms with van der Waals surface area (Å²) in [5.74, 6) is 0.502. The molecule has 0 amide bonds. The van der Waals surface area contributed by atoms with E-state index in [-0.39, 0.29) is 5.82 Å². The Hall–Kier alpha value is -2.37. The number of hydrogen-bond donors (Lipinski definition) is 1. The molecule has 1 N–H and O–H groups in total. The van der Waals surface area contributed by atoms with Crippen LogP contribution in [-0.4, -0.2) is 23.3 Å². The summed E-state index contributed by atoms with van der Waals surface area (Å²) in [4.78, 5) is 4.49. The van der Waals surface area contributed by atoms with E-state index in [9.17, 15) is 4.39 Å². The summed E-state index contributed by atoms with van der Waals surface area (Å²) in [5.41, 5.74) is 2.99. The lowest BCUT2D eigenvalue weighted by Gasteiger charge is -2.13. The molecule has 0 saturated heterocycles. The summed E-state index contributed by atoms with van der Waals surface area (Å²) in [5, 5.41) is 4.00. The van der Waals surface area contributed by atoms with E-state index in [1.807, 2.05) is 30.5 Å². The van der Waals surface area contributed by atoms with Crippen LogP contribution in [0.15, 0.2) is 54.7 Å². The van der Waals surface area contributed by atoms with Crippen LogP contribution in [0.25, 0.3) is 11.3 Å². The van der Waals surface area contributed by atoms with Crippen LogP contribution in [0.2, 0.25) is 5.02 Å². The van der Waals surface area contributed by atoms with Gasteiger partial charge in [0.05, 0.1) is 18.5 Å². The summed E-state index contributed by atoms with van der Waals surface area (Å²) in [7, 11) is 1.67. The van der Waals surface area contributed by atoms with E-state index in [0.29, 0.717) is 24.7 Å². The second-order valence-corrected chi connectivity index (χ2v) is 6.03. The molecular weight excluding hydrogens is 341 g/mol. The van der Waals surface area contributed by atoms with Crippen molar-refractivity contribution in [2.24, 2.45) is 0 Å². The molecule has 4 nitrogen and oxygen atoms in total. The Morgan fingerprint density at radius 2 is 1.84 bits per heavy atom. The number of rotatable bonds is 7. The number of benzene rings is 2. The Morgan fingerprint density at radius 3 is 2.52 bits per heavy atom. The molecule has 0 bridgehead atoms. The third kappa shape index (κ3) is 4.38. The van der Waals surface area contributed by atoms with Crippen molar-refractivity contribution in [3.63, 3.8) is 0 Å². The number of methoxy groups -OCH3 is 1. The summed E-state index contributed by atoms with van der Waals surface area (Å²) < 4.78 is 20.3. The molecule has 0 aliphatic rings. The Bertz CT molecular complexity index is 816. The molecule has 1 aromatic heterocycles. The van der Waals surface area contributed by atoms with Crippen LogP contribution in [0.5, 0.6) is 0 Å². The van der Waals surface area contributed by atoms with E-state index in [1.165, 1.54) is 12.1 Å². The average Bonchev–Trinajstić information content (AvgIpc) is 3.03. The molecule has 6 heteroatoms. The van der Waals surface area contributed by atoms with Crippen molar-refractivity contribution < 1.29 is 9.13 Å². The molecule has 130 valence electrons. The van der Waals surface area contributed by atoms with Crippen LogP contribution in [0.1, 0.15) is 5.56 Å². The highest BCUT2D eigenvalue weighted by molar-refractivity contribution is 6.30. The lowest BCUT2D eigenvalue weighted by Crippen LogP contribution is -2.11. The SMILES string of the molecule is COCCn1c(-c2ccc(Cl)cc2)cnc1NCc1ccc(F)cc1. The van der Waals surface area contributed by atoms with Gasteiger partial charge >= 0.3 is 0 Å². The maximum atomic E-state index is 13.0. The maximum absolute atomic E-state index is 13.0. The van der Waals surface area contributed by atoms with Crippen molar-refractivity contribution >= 4 is 17.5 Å². The topological polar surface area (TPSA) is 39.1 Å². The van der Waals surface area contributed by atoms with Crippen molar-refractivity contribution in [1.29, 1.82) is 0 Å². The molecule has 0 fully saturated rings. The highest BCUT2D eigenvalue weighted by atomic mass is 35.5. The summed E-state index contributed by atoms with van der Waals surface area (Å²) in [6, 6.07) is 14.1. The number of anilines is 1. The molecule has 0 atom stereocenters. The molecule has 0 aliphatic carbocycles. The fourth-order valence-electron chi connectivity index (χ4n) is 2.56. The zero-order valence-corrected chi connectivity index (χ0v) is 14.6. The predicted molar refractivity (Wildman–Crippen MR) is 98.3 cm³/mol. The Balaban J connectivity index is 1.82. The number of halogens is 2. The van der Waals surface area contributed by atoms with Gasteiger partial charge in [-0.2, -0.15) is 0 Å². The second kappa shape index (κ2) is 8.14. The Morgan fingerprint density at radius 1 is 1.12 bits per heavy atom. The molecule has 0 saturated carbocycles. The van der Waals surface area contributed by atoms with E-state index in [0.717, 1.165) is 22.8 Å². The van der Waals surface area contributed by atoms with Crippen LogP contribution in [0.3, 0.4) is 0 Å². The summed E-state index contributed by atoms with van der Waals surface area (Å²) in [6.45, 7) is 1.80. The molecule has 3 rings (SSSR count). The second-order valence-electron chi connectivity index (χ2n) is 5.60. The predicted octanol–water partition coefficient (Wildman–Crippen LogP) is 4.60. The number of imidazole rings is 1. The molecule has 3 aromatic rings. The van der Waals surface area contributed by atoms with Crippen molar-refractivity contribution in [3.8, 4) is 11.3 Å². The van der Waals surface area contributed by atoms with Crippen LogP contribution in [-0.2, 0) is 17.8 Å². The standard InChI is InChI=1S/C19H19ClFN3O/c1-25-11-10-24-18(15-4-6-16(20)7-5-15)13-23-19(24)22-12-14-2-8-17(21)9-3-14/h2-9,13H,10-12H2,1H3,(H,22,23). The van der Waals surface area contributed by atoms with Gasteiger partial charge in [-0.05, 0) is 35.4 Å². The molecular formula is C19H19ClFN3O. The van der Waals surface area contributed by atoms with Crippen molar-refractivity contribution in [3.05, 3.63) is 71.1 Å². The first-order valence-corrected chi connectivity index (χ1v) is 8.34. The molecule has 25 heavy (non-hydrogen) atoms. The van der Waals surface area contributed by atoms with E-state index in [2.05, 4.69) is 14.9 Å². The highest BCUT2D eigenvalue weighted by Gasteiger charge is 2.11. The van der Waals surface area contributed by atoms with Crippen LogP contribution >= 0.6 is 11.6 Å². The zero-order valence-electron chi connectivity index (χ0n) is 13.9. The normalized spacial score (nSPS) is 10.8. The maximum Gasteiger partial charge on any atom is 0.203 e. The highest BCUT2D eigenvalue weighted by Crippen LogP contribution is 2.25. The molecule has 2 aromatic carbocycles. The van der Waals surface area contributed by atoms with E-state index in [4.69, 9.17) is 16.3 Å². The van der Waals surface area contributed by atoms with E-state index < -0.39 is 0 Å². The lowest BCUT2D eigenvalue weighted by atomic mass is 10.2. The molecule has 0 aliphatic heterocycles. The largest absolute Gasteiger partial charge is 0.383 e. The Labute approximate surface area is 151 Å². The van der Waals surface area contributed by atoms with Gasteiger partial charge in [0.25, 0.3) is 0 Å². The summed E-state index contributed by atoms with van der Waals surface area (Å²) >= 11 is 5.97.